The Hall–Kier alpha value is -3.05. The second kappa shape index (κ2) is 10.8. The number of aromatic nitrogens is 1. The van der Waals surface area contributed by atoms with E-state index in [1.807, 2.05) is 24.3 Å². The number of carbonyl (C=O) groups excluding carboxylic acids is 3. The van der Waals surface area contributed by atoms with E-state index in [9.17, 15) is 24.3 Å². The first-order chi connectivity index (χ1) is 14.6. The lowest BCUT2D eigenvalue weighted by molar-refractivity contribution is -0.141. The highest BCUT2D eigenvalue weighted by Gasteiger charge is 2.28. The molecule has 4 atom stereocenters. The number of nitrogens with one attached hydrogen (secondary N) is 4. The normalized spacial score (nSPS) is 14.8. The summed E-state index contributed by atoms with van der Waals surface area (Å²) in [5.74, 6) is -3.15. The molecule has 4 unspecified atom stereocenters. The first-order valence-corrected chi connectivity index (χ1v) is 10.3. The van der Waals surface area contributed by atoms with Crippen LogP contribution in [-0.2, 0) is 25.6 Å². The van der Waals surface area contributed by atoms with Gasteiger partial charge in [-0.15, -0.1) is 0 Å². The highest BCUT2D eigenvalue weighted by atomic mass is 32.1. The third-order valence-corrected chi connectivity index (χ3v) is 5.06. The molecule has 2 rings (SSSR count). The smallest absolute Gasteiger partial charge is 0.327 e. The van der Waals surface area contributed by atoms with Crippen LogP contribution in [0, 0.1) is 0 Å². The first kappa shape index (κ1) is 24.2. The van der Waals surface area contributed by atoms with E-state index in [1.54, 1.807) is 6.20 Å². The second-order valence-electron chi connectivity index (χ2n) is 7.23. The van der Waals surface area contributed by atoms with Gasteiger partial charge < -0.3 is 31.8 Å². The van der Waals surface area contributed by atoms with E-state index in [1.165, 1.54) is 13.8 Å². The fraction of sp³-hybridized carbons (Fsp3) is 0.400. The van der Waals surface area contributed by atoms with Gasteiger partial charge in [0.2, 0.25) is 17.7 Å². The number of para-hydroxylation sites is 1. The van der Waals surface area contributed by atoms with E-state index in [0.29, 0.717) is 0 Å². The minimum absolute atomic E-state index is 0.106. The van der Waals surface area contributed by atoms with Crippen molar-refractivity contribution in [2.75, 3.05) is 5.75 Å². The molecule has 0 fully saturated rings. The summed E-state index contributed by atoms with van der Waals surface area (Å²) >= 11 is 3.95. The van der Waals surface area contributed by atoms with Crippen LogP contribution < -0.4 is 21.7 Å². The van der Waals surface area contributed by atoms with E-state index in [0.717, 1.165) is 16.5 Å². The largest absolute Gasteiger partial charge is 0.480 e. The molecule has 3 amide bonds. The van der Waals surface area contributed by atoms with Crippen LogP contribution >= 0.6 is 12.6 Å². The number of carbonyl (C=O) groups is 4. The third kappa shape index (κ3) is 6.46. The molecule has 11 heteroatoms. The summed E-state index contributed by atoms with van der Waals surface area (Å²) in [7, 11) is 0. The molecule has 1 aromatic carbocycles. The van der Waals surface area contributed by atoms with Gasteiger partial charge in [-0.2, -0.15) is 12.6 Å². The maximum absolute atomic E-state index is 12.8. The molecule has 10 nitrogen and oxygen atoms in total. The number of hydrogen-bond acceptors (Lipinski definition) is 6. The average molecular weight is 450 g/mol. The number of amides is 3. The maximum atomic E-state index is 12.8. The Morgan fingerprint density at radius 1 is 1.03 bits per heavy atom. The van der Waals surface area contributed by atoms with Crippen LogP contribution in [0.5, 0.6) is 0 Å². The van der Waals surface area contributed by atoms with Gasteiger partial charge in [-0.25, -0.2) is 4.79 Å². The maximum Gasteiger partial charge on any atom is 0.327 e. The van der Waals surface area contributed by atoms with Crippen LogP contribution in [-0.4, -0.2) is 63.7 Å². The summed E-state index contributed by atoms with van der Waals surface area (Å²) in [4.78, 5) is 51.6. The zero-order valence-electron chi connectivity index (χ0n) is 17.2. The van der Waals surface area contributed by atoms with Crippen molar-refractivity contribution in [3.05, 3.63) is 36.0 Å². The van der Waals surface area contributed by atoms with Crippen LogP contribution in [0.25, 0.3) is 10.9 Å². The van der Waals surface area contributed by atoms with E-state index < -0.39 is 47.9 Å². The quantitative estimate of drug-likeness (QED) is 0.243. The number of H-pyrrole nitrogens is 1. The van der Waals surface area contributed by atoms with Crippen LogP contribution in [0.15, 0.2) is 30.5 Å². The summed E-state index contributed by atoms with van der Waals surface area (Å²) < 4.78 is 0. The fourth-order valence-electron chi connectivity index (χ4n) is 2.89. The number of aromatic amines is 1. The minimum Gasteiger partial charge on any atom is -0.480 e. The number of carboxylic acid groups (broad SMARTS) is 1. The van der Waals surface area contributed by atoms with Crippen molar-refractivity contribution >= 4 is 47.2 Å². The molecule has 0 aliphatic carbocycles. The number of aliphatic carboxylic acids is 1. The predicted octanol–water partition coefficient (Wildman–Crippen LogP) is -0.454. The minimum atomic E-state index is -1.24. The Bertz CT molecular complexity index is 960. The summed E-state index contributed by atoms with van der Waals surface area (Å²) in [5, 5.41) is 17.5. The van der Waals surface area contributed by atoms with Gasteiger partial charge in [-0.3, -0.25) is 14.4 Å². The van der Waals surface area contributed by atoms with Gasteiger partial charge in [-0.1, -0.05) is 18.2 Å². The fourth-order valence-corrected chi connectivity index (χ4v) is 3.14. The first-order valence-electron chi connectivity index (χ1n) is 9.69. The SMILES string of the molecule is CC(N)C(=O)NC(C)C(=O)NC(Cc1c[nH]c2ccccc12)C(=O)NC(CS)C(=O)O. The monoisotopic (exact) mass is 449 g/mol. The van der Waals surface area contributed by atoms with Crippen molar-refractivity contribution in [2.45, 2.75) is 44.4 Å². The zero-order chi connectivity index (χ0) is 23.1. The van der Waals surface area contributed by atoms with Gasteiger partial charge in [0.05, 0.1) is 6.04 Å². The molecule has 7 N–H and O–H groups in total. The molecular formula is C20H27N5O5S. The molecule has 168 valence electrons. The molecule has 0 radical (unpaired) electrons. The molecule has 0 saturated heterocycles. The Kier molecular flexibility index (Phi) is 8.46. The van der Waals surface area contributed by atoms with Crippen molar-refractivity contribution in [3.8, 4) is 0 Å². The second-order valence-corrected chi connectivity index (χ2v) is 7.59. The highest BCUT2D eigenvalue weighted by Crippen LogP contribution is 2.19. The lowest BCUT2D eigenvalue weighted by Gasteiger charge is -2.23. The number of rotatable bonds is 10. The van der Waals surface area contributed by atoms with Gasteiger partial charge in [0.25, 0.3) is 0 Å². The average Bonchev–Trinajstić information content (AvgIpc) is 3.13. The number of benzene rings is 1. The Labute approximate surface area is 184 Å². The van der Waals surface area contributed by atoms with Gasteiger partial charge in [0.1, 0.15) is 18.1 Å². The topological polar surface area (TPSA) is 166 Å². The molecular weight excluding hydrogens is 422 g/mol. The molecule has 0 aliphatic heterocycles. The van der Waals surface area contributed by atoms with Gasteiger partial charge in [0, 0.05) is 29.3 Å². The Balaban J connectivity index is 2.22. The lowest BCUT2D eigenvalue weighted by atomic mass is 10.0. The molecule has 0 spiro atoms. The summed E-state index contributed by atoms with van der Waals surface area (Å²) in [6, 6.07) is 3.42. The van der Waals surface area contributed by atoms with Crippen molar-refractivity contribution in [1.29, 1.82) is 0 Å². The summed E-state index contributed by atoms with van der Waals surface area (Å²) in [6.07, 6.45) is 1.83. The van der Waals surface area contributed by atoms with Crippen LogP contribution in [0.3, 0.4) is 0 Å². The van der Waals surface area contributed by atoms with E-state index in [-0.39, 0.29) is 12.2 Å². The number of thiol groups is 1. The van der Waals surface area contributed by atoms with Crippen molar-refractivity contribution in [2.24, 2.45) is 5.73 Å². The van der Waals surface area contributed by atoms with E-state index >= 15 is 0 Å². The summed E-state index contributed by atoms with van der Waals surface area (Å²) in [5.41, 5.74) is 7.13. The van der Waals surface area contributed by atoms with E-state index in [4.69, 9.17) is 5.73 Å². The molecule has 2 aromatic rings. The number of nitrogens with two attached hydrogens (primary N) is 1. The molecule has 0 bridgehead atoms. The molecule has 0 aliphatic rings. The van der Waals surface area contributed by atoms with Crippen LogP contribution in [0.1, 0.15) is 19.4 Å². The number of fused-ring (bicyclic) bond motifs is 1. The van der Waals surface area contributed by atoms with Gasteiger partial charge in [-0.05, 0) is 25.5 Å². The van der Waals surface area contributed by atoms with Gasteiger partial charge in [0.15, 0.2) is 0 Å². The lowest BCUT2D eigenvalue weighted by Crippen LogP contribution is -2.57. The standard InChI is InChI=1S/C20H27N5O5S/c1-10(21)17(26)23-11(2)18(27)24-15(19(28)25-16(9-31)20(29)30)7-12-8-22-14-6-4-3-5-13(12)14/h3-6,8,10-11,15-16,22,31H,7,9,21H2,1-2H3,(H,23,26)(H,24,27)(H,25,28)(H,29,30). The number of carboxylic acids is 1. The number of hydrogen-bond donors (Lipinski definition) is 7. The highest BCUT2D eigenvalue weighted by molar-refractivity contribution is 7.80. The summed E-state index contributed by atoms with van der Waals surface area (Å²) in [6.45, 7) is 2.95. The van der Waals surface area contributed by atoms with Gasteiger partial charge >= 0.3 is 5.97 Å². The van der Waals surface area contributed by atoms with E-state index in [2.05, 4.69) is 33.6 Å². The third-order valence-electron chi connectivity index (χ3n) is 4.69. The molecule has 1 heterocycles. The van der Waals surface area contributed by atoms with Crippen LogP contribution in [0.2, 0.25) is 0 Å². The molecule has 0 saturated carbocycles. The van der Waals surface area contributed by atoms with Crippen LogP contribution in [0.4, 0.5) is 0 Å². The van der Waals surface area contributed by atoms with Crippen molar-refractivity contribution in [1.82, 2.24) is 20.9 Å². The molecule has 31 heavy (non-hydrogen) atoms. The predicted molar refractivity (Wildman–Crippen MR) is 119 cm³/mol. The zero-order valence-corrected chi connectivity index (χ0v) is 18.1. The Morgan fingerprint density at radius 2 is 1.68 bits per heavy atom. The van der Waals surface area contributed by atoms with Crippen molar-refractivity contribution < 1.29 is 24.3 Å². The van der Waals surface area contributed by atoms with Crippen molar-refractivity contribution in [3.63, 3.8) is 0 Å². The molecule has 1 aromatic heterocycles. The Morgan fingerprint density at radius 3 is 2.29 bits per heavy atom.